The number of aryl methyl sites for hydroxylation is 2. The minimum absolute atomic E-state index is 0.428. The van der Waals surface area contributed by atoms with Crippen LogP contribution < -0.4 is 15.2 Å². The van der Waals surface area contributed by atoms with Crippen molar-refractivity contribution in [2.75, 3.05) is 18.9 Å². The van der Waals surface area contributed by atoms with Crippen LogP contribution in [0.3, 0.4) is 0 Å². The van der Waals surface area contributed by atoms with Crippen molar-refractivity contribution in [3.05, 3.63) is 52.5 Å². The van der Waals surface area contributed by atoms with E-state index in [-0.39, 0.29) is 0 Å². The molecule has 0 aromatic heterocycles. The third kappa shape index (κ3) is 3.81. The average Bonchev–Trinajstić information content (AvgIpc) is 2.42. The minimum atomic E-state index is 0.428. The molecule has 0 spiro atoms. The normalized spacial score (nSPS) is 10.3. The van der Waals surface area contributed by atoms with Crippen LogP contribution in [0.5, 0.6) is 11.5 Å². The maximum Gasteiger partial charge on any atom is 0.138 e. The van der Waals surface area contributed by atoms with Gasteiger partial charge in [-0.1, -0.05) is 23.7 Å². The van der Waals surface area contributed by atoms with Crippen LogP contribution in [-0.2, 0) is 0 Å². The second-order valence-electron chi connectivity index (χ2n) is 4.66. The standard InChI is InChI=1S/C16H18ClNO2/c1-11-3-6-14(17)16(9-11)20-8-7-19-15-10-13(18)5-4-12(15)2/h3-6,9-10H,7-8,18H2,1-2H3. The number of benzene rings is 2. The number of rotatable bonds is 5. The highest BCUT2D eigenvalue weighted by atomic mass is 35.5. The van der Waals surface area contributed by atoms with Crippen LogP contribution in [0.25, 0.3) is 0 Å². The summed E-state index contributed by atoms with van der Waals surface area (Å²) >= 11 is 6.06. The second kappa shape index (κ2) is 6.53. The zero-order chi connectivity index (χ0) is 14.5. The summed E-state index contributed by atoms with van der Waals surface area (Å²) in [6, 6.07) is 11.3. The number of anilines is 1. The lowest BCUT2D eigenvalue weighted by atomic mass is 10.2. The molecule has 2 aromatic rings. The molecule has 20 heavy (non-hydrogen) atoms. The molecule has 2 rings (SSSR count). The van der Waals surface area contributed by atoms with Gasteiger partial charge in [-0.15, -0.1) is 0 Å². The summed E-state index contributed by atoms with van der Waals surface area (Å²) in [5.74, 6) is 1.46. The van der Waals surface area contributed by atoms with Gasteiger partial charge in [-0.3, -0.25) is 0 Å². The second-order valence-corrected chi connectivity index (χ2v) is 5.06. The van der Waals surface area contributed by atoms with Crippen molar-refractivity contribution in [3.63, 3.8) is 0 Å². The van der Waals surface area contributed by atoms with Crippen molar-refractivity contribution >= 4 is 17.3 Å². The molecule has 0 saturated heterocycles. The van der Waals surface area contributed by atoms with Gasteiger partial charge in [0, 0.05) is 11.8 Å². The molecule has 0 aliphatic carbocycles. The van der Waals surface area contributed by atoms with E-state index < -0.39 is 0 Å². The van der Waals surface area contributed by atoms with E-state index >= 15 is 0 Å². The molecule has 2 N–H and O–H groups in total. The molecule has 2 aromatic carbocycles. The third-order valence-electron chi connectivity index (χ3n) is 2.90. The van der Waals surface area contributed by atoms with E-state index in [0.717, 1.165) is 16.9 Å². The summed E-state index contributed by atoms with van der Waals surface area (Å²) in [6.45, 7) is 4.84. The van der Waals surface area contributed by atoms with Crippen LogP contribution in [0, 0.1) is 13.8 Å². The Kier molecular flexibility index (Phi) is 4.74. The Balaban J connectivity index is 1.87. The predicted molar refractivity (Wildman–Crippen MR) is 82.8 cm³/mol. The largest absolute Gasteiger partial charge is 0.490 e. The zero-order valence-corrected chi connectivity index (χ0v) is 12.4. The lowest BCUT2D eigenvalue weighted by Crippen LogP contribution is -2.10. The molecule has 0 amide bonds. The Bertz CT molecular complexity index is 546. The van der Waals surface area contributed by atoms with Gasteiger partial charge in [0.2, 0.25) is 0 Å². The smallest absolute Gasteiger partial charge is 0.138 e. The fourth-order valence-corrected chi connectivity index (χ4v) is 1.97. The molecule has 3 nitrogen and oxygen atoms in total. The highest BCUT2D eigenvalue weighted by Gasteiger charge is 2.03. The van der Waals surface area contributed by atoms with Gasteiger partial charge in [-0.05, 0) is 43.2 Å². The van der Waals surface area contributed by atoms with Gasteiger partial charge in [0.15, 0.2) is 0 Å². The van der Waals surface area contributed by atoms with Crippen LogP contribution in [0.1, 0.15) is 11.1 Å². The highest BCUT2D eigenvalue weighted by molar-refractivity contribution is 6.32. The molecule has 0 bridgehead atoms. The van der Waals surface area contributed by atoms with Gasteiger partial charge in [-0.25, -0.2) is 0 Å². The Labute approximate surface area is 124 Å². The summed E-state index contributed by atoms with van der Waals surface area (Å²) in [6.07, 6.45) is 0. The molecule has 106 valence electrons. The number of hydrogen-bond donors (Lipinski definition) is 1. The molecule has 0 radical (unpaired) electrons. The summed E-state index contributed by atoms with van der Waals surface area (Å²) in [7, 11) is 0. The fraction of sp³-hybridized carbons (Fsp3) is 0.250. The van der Waals surface area contributed by atoms with Crippen LogP contribution >= 0.6 is 11.6 Å². The molecule has 0 fully saturated rings. The first-order valence-electron chi connectivity index (χ1n) is 6.44. The molecule has 4 heteroatoms. The Morgan fingerprint density at radius 1 is 0.950 bits per heavy atom. The van der Waals surface area contributed by atoms with E-state index in [4.69, 9.17) is 26.8 Å². The van der Waals surface area contributed by atoms with Crippen LogP contribution in [0.2, 0.25) is 5.02 Å². The van der Waals surface area contributed by atoms with Crippen molar-refractivity contribution in [1.29, 1.82) is 0 Å². The first-order chi connectivity index (χ1) is 9.56. The molecule has 0 heterocycles. The molecule has 0 aliphatic rings. The topological polar surface area (TPSA) is 44.5 Å². The number of halogens is 1. The predicted octanol–water partition coefficient (Wildman–Crippen LogP) is 4.00. The maximum absolute atomic E-state index is 6.06. The Morgan fingerprint density at radius 2 is 1.65 bits per heavy atom. The quantitative estimate of drug-likeness (QED) is 0.669. The van der Waals surface area contributed by atoms with E-state index in [1.54, 1.807) is 0 Å². The molecule has 0 unspecified atom stereocenters. The SMILES string of the molecule is Cc1ccc(Cl)c(OCCOc2cc(N)ccc2C)c1. The number of ether oxygens (including phenoxy) is 2. The van der Waals surface area contributed by atoms with E-state index in [1.807, 2.05) is 50.2 Å². The number of nitrogens with two attached hydrogens (primary N) is 1. The molecule has 0 aliphatic heterocycles. The van der Waals surface area contributed by atoms with Gasteiger partial charge in [0.25, 0.3) is 0 Å². The molecule has 0 saturated carbocycles. The fourth-order valence-electron chi connectivity index (χ4n) is 1.80. The zero-order valence-electron chi connectivity index (χ0n) is 11.7. The van der Waals surface area contributed by atoms with Crippen LogP contribution in [0.15, 0.2) is 36.4 Å². The third-order valence-corrected chi connectivity index (χ3v) is 3.21. The summed E-state index contributed by atoms with van der Waals surface area (Å²) in [4.78, 5) is 0. The summed E-state index contributed by atoms with van der Waals surface area (Å²) in [5.41, 5.74) is 8.58. The van der Waals surface area contributed by atoms with Crippen molar-refractivity contribution in [1.82, 2.24) is 0 Å². The van der Waals surface area contributed by atoms with Gasteiger partial charge >= 0.3 is 0 Å². The van der Waals surface area contributed by atoms with Gasteiger partial charge in [0.1, 0.15) is 24.7 Å². The monoisotopic (exact) mass is 291 g/mol. The average molecular weight is 292 g/mol. The van der Waals surface area contributed by atoms with Gasteiger partial charge in [-0.2, -0.15) is 0 Å². The first kappa shape index (κ1) is 14.5. The molecular weight excluding hydrogens is 274 g/mol. The lowest BCUT2D eigenvalue weighted by molar-refractivity contribution is 0.216. The first-order valence-corrected chi connectivity index (χ1v) is 6.82. The number of nitrogen functional groups attached to an aromatic ring is 1. The highest BCUT2D eigenvalue weighted by Crippen LogP contribution is 2.25. The van der Waals surface area contributed by atoms with E-state index in [0.29, 0.717) is 29.7 Å². The Hall–Kier alpha value is -1.87. The lowest BCUT2D eigenvalue weighted by Gasteiger charge is -2.12. The van der Waals surface area contributed by atoms with Gasteiger partial charge < -0.3 is 15.2 Å². The maximum atomic E-state index is 6.06. The van der Waals surface area contributed by atoms with Gasteiger partial charge in [0.05, 0.1) is 5.02 Å². The van der Waals surface area contributed by atoms with Crippen molar-refractivity contribution in [3.8, 4) is 11.5 Å². The van der Waals surface area contributed by atoms with E-state index in [1.165, 1.54) is 0 Å². The van der Waals surface area contributed by atoms with Crippen molar-refractivity contribution < 1.29 is 9.47 Å². The van der Waals surface area contributed by atoms with E-state index in [2.05, 4.69) is 0 Å². The summed E-state index contributed by atoms with van der Waals surface area (Å²) < 4.78 is 11.3. The van der Waals surface area contributed by atoms with Crippen molar-refractivity contribution in [2.24, 2.45) is 0 Å². The van der Waals surface area contributed by atoms with Crippen molar-refractivity contribution in [2.45, 2.75) is 13.8 Å². The molecular formula is C16H18ClNO2. The number of hydrogen-bond acceptors (Lipinski definition) is 3. The Morgan fingerprint density at radius 3 is 2.40 bits per heavy atom. The minimum Gasteiger partial charge on any atom is -0.490 e. The molecule has 0 atom stereocenters. The summed E-state index contributed by atoms with van der Waals surface area (Å²) in [5, 5.41) is 0.607. The van der Waals surface area contributed by atoms with Crippen LogP contribution in [-0.4, -0.2) is 13.2 Å². The van der Waals surface area contributed by atoms with Crippen LogP contribution in [0.4, 0.5) is 5.69 Å². The van der Waals surface area contributed by atoms with E-state index in [9.17, 15) is 0 Å².